The number of amides is 1. The molecule has 3 fully saturated rings. The van der Waals surface area contributed by atoms with Gasteiger partial charge in [0.25, 0.3) is 6.47 Å². The SMILES string of the molecule is COCC(=O)NC[C@H]1[C@H]2CN(Cc3c(C)cccc3Cl)C[C@]23CC[C@H]1O3.O=CO. The van der Waals surface area contributed by atoms with Crippen LogP contribution in [0.5, 0.6) is 0 Å². The standard InChI is InChI=1S/C20H27ClN2O3.CH2O2/c1-13-4-3-5-17(21)15(13)9-23-10-16-14(8-22-19(24)11-25-2)18-6-7-20(16,12-23)26-18;2-1-3/h3-5,14,16,18H,6-12H2,1-2H3,(H,22,24);1H,(H,2,3)/t14-,16+,18+,20+;/m0./s1. The number of ether oxygens (including phenoxy) is 2. The Bertz CT molecular complexity index is 726. The first-order valence-corrected chi connectivity index (χ1v) is 10.3. The summed E-state index contributed by atoms with van der Waals surface area (Å²) in [5.41, 5.74) is 2.42. The number of nitrogens with one attached hydrogen (secondary N) is 1. The van der Waals surface area contributed by atoms with Crippen molar-refractivity contribution in [2.75, 3.05) is 33.4 Å². The number of halogens is 1. The average molecular weight is 425 g/mol. The maximum atomic E-state index is 11.8. The van der Waals surface area contributed by atoms with Gasteiger partial charge in [0.2, 0.25) is 5.91 Å². The Balaban J connectivity index is 0.000000755. The van der Waals surface area contributed by atoms with Crippen molar-refractivity contribution in [3.63, 3.8) is 0 Å². The third-order valence-electron chi connectivity index (χ3n) is 6.40. The molecule has 3 heterocycles. The van der Waals surface area contributed by atoms with Crippen LogP contribution in [0.4, 0.5) is 0 Å². The molecule has 1 amide bonds. The van der Waals surface area contributed by atoms with Gasteiger partial charge in [-0.1, -0.05) is 23.7 Å². The minimum absolute atomic E-state index is 0.0313. The van der Waals surface area contributed by atoms with E-state index in [4.69, 9.17) is 31.0 Å². The summed E-state index contributed by atoms with van der Waals surface area (Å²) in [4.78, 5) is 22.6. The van der Waals surface area contributed by atoms with Crippen molar-refractivity contribution >= 4 is 24.0 Å². The van der Waals surface area contributed by atoms with E-state index in [2.05, 4.69) is 23.2 Å². The summed E-state index contributed by atoms with van der Waals surface area (Å²) in [5, 5.41) is 10.7. The Hall–Kier alpha value is -1.67. The number of hydrogen-bond acceptors (Lipinski definition) is 5. The molecular formula is C21H29ClN2O5. The number of benzene rings is 1. The number of hydrogen-bond donors (Lipinski definition) is 2. The van der Waals surface area contributed by atoms with E-state index < -0.39 is 0 Å². The van der Waals surface area contributed by atoms with Gasteiger partial charge in [0, 0.05) is 50.1 Å². The zero-order valence-corrected chi connectivity index (χ0v) is 17.7. The number of likely N-dealkylation sites (tertiary alicyclic amines) is 1. The minimum atomic E-state index is -0.250. The van der Waals surface area contributed by atoms with Gasteiger partial charge in [0.1, 0.15) is 6.61 Å². The lowest BCUT2D eigenvalue weighted by atomic mass is 9.73. The molecule has 0 radical (unpaired) electrons. The summed E-state index contributed by atoms with van der Waals surface area (Å²) < 4.78 is 11.4. The molecule has 4 atom stereocenters. The molecule has 3 aliphatic rings. The number of carbonyl (C=O) groups excluding carboxylic acids is 1. The Morgan fingerprint density at radius 3 is 2.97 bits per heavy atom. The number of nitrogens with zero attached hydrogens (tertiary/aromatic N) is 1. The Morgan fingerprint density at radius 2 is 2.28 bits per heavy atom. The molecule has 2 N–H and O–H groups in total. The number of aryl methyl sites for hydroxylation is 1. The molecule has 3 aliphatic heterocycles. The number of carbonyl (C=O) groups is 2. The molecule has 0 saturated carbocycles. The van der Waals surface area contributed by atoms with Crippen LogP contribution in [-0.4, -0.2) is 67.4 Å². The van der Waals surface area contributed by atoms with Gasteiger partial charge in [-0.3, -0.25) is 14.5 Å². The zero-order valence-electron chi connectivity index (χ0n) is 16.9. The van der Waals surface area contributed by atoms with Crippen molar-refractivity contribution in [1.29, 1.82) is 0 Å². The highest BCUT2D eigenvalue weighted by atomic mass is 35.5. The predicted octanol–water partition coefficient (Wildman–Crippen LogP) is 2.09. The van der Waals surface area contributed by atoms with E-state index in [1.165, 1.54) is 11.1 Å². The van der Waals surface area contributed by atoms with E-state index in [9.17, 15) is 4.79 Å². The van der Waals surface area contributed by atoms with E-state index in [1.54, 1.807) is 7.11 Å². The van der Waals surface area contributed by atoms with E-state index in [0.29, 0.717) is 18.4 Å². The summed E-state index contributed by atoms with van der Waals surface area (Å²) in [7, 11) is 1.54. The summed E-state index contributed by atoms with van der Waals surface area (Å²) in [6.07, 6.45) is 2.51. The second-order valence-electron chi connectivity index (χ2n) is 8.08. The van der Waals surface area contributed by atoms with Gasteiger partial charge >= 0.3 is 0 Å². The number of rotatable bonds is 6. The fourth-order valence-corrected chi connectivity index (χ4v) is 5.47. The van der Waals surface area contributed by atoms with Crippen LogP contribution in [0.3, 0.4) is 0 Å². The van der Waals surface area contributed by atoms with Gasteiger partial charge in [-0.2, -0.15) is 0 Å². The van der Waals surface area contributed by atoms with Gasteiger partial charge in [0.15, 0.2) is 0 Å². The lowest BCUT2D eigenvalue weighted by molar-refractivity contribution is -0.125. The zero-order chi connectivity index (χ0) is 21.0. The van der Waals surface area contributed by atoms with Crippen LogP contribution < -0.4 is 5.32 Å². The molecule has 2 bridgehead atoms. The lowest BCUT2D eigenvalue weighted by Gasteiger charge is -2.29. The van der Waals surface area contributed by atoms with Crippen LogP contribution in [0.25, 0.3) is 0 Å². The predicted molar refractivity (Wildman–Crippen MR) is 109 cm³/mol. The Labute approximate surface area is 176 Å². The molecule has 29 heavy (non-hydrogen) atoms. The van der Waals surface area contributed by atoms with Crippen molar-refractivity contribution in [2.45, 2.75) is 38.0 Å². The van der Waals surface area contributed by atoms with Crippen LogP contribution in [0.15, 0.2) is 18.2 Å². The second kappa shape index (κ2) is 9.43. The van der Waals surface area contributed by atoms with Crippen molar-refractivity contribution in [3.8, 4) is 0 Å². The molecule has 160 valence electrons. The monoisotopic (exact) mass is 424 g/mol. The molecule has 7 nitrogen and oxygen atoms in total. The Kier molecular flexibility index (Phi) is 7.16. The van der Waals surface area contributed by atoms with Crippen LogP contribution in [-0.2, 0) is 25.6 Å². The molecule has 1 aromatic rings. The van der Waals surface area contributed by atoms with Gasteiger partial charge in [0.05, 0.1) is 11.7 Å². The summed E-state index contributed by atoms with van der Waals surface area (Å²) in [5.74, 6) is 0.819. The highest BCUT2D eigenvalue weighted by Crippen LogP contribution is 2.54. The van der Waals surface area contributed by atoms with E-state index in [-0.39, 0.29) is 30.7 Å². The lowest BCUT2D eigenvalue weighted by Crippen LogP contribution is -2.42. The first-order chi connectivity index (χ1) is 13.9. The second-order valence-corrected chi connectivity index (χ2v) is 8.48. The number of carboxylic acid groups (broad SMARTS) is 1. The Morgan fingerprint density at radius 1 is 1.52 bits per heavy atom. The molecule has 1 spiro atoms. The first-order valence-electron chi connectivity index (χ1n) is 9.91. The van der Waals surface area contributed by atoms with Gasteiger partial charge in [-0.05, 0) is 37.0 Å². The summed E-state index contributed by atoms with van der Waals surface area (Å²) >= 11 is 6.43. The fourth-order valence-electron chi connectivity index (χ4n) is 5.18. The number of methoxy groups -OCH3 is 1. The van der Waals surface area contributed by atoms with E-state index >= 15 is 0 Å². The molecule has 4 rings (SSSR count). The minimum Gasteiger partial charge on any atom is -0.483 e. The third-order valence-corrected chi connectivity index (χ3v) is 6.75. The maximum Gasteiger partial charge on any atom is 0.290 e. The third kappa shape index (κ3) is 4.58. The molecule has 0 aromatic heterocycles. The van der Waals surface area contributed by atoms with Crippen molar-refractivity contribution in [2.24, 2.45) is 11.8 Å². The van der Waals surface area contributed by atoms with Crippen LogP contribution >= 0.6 is 11.6 Å². The van der Waals surface area contributed by atoms with E-state index in [1.807, 2.05) is 12.1 Å². The van der Waals surface area contributed by atoms with Gasteiger partial charge in [-0.15, -0.1) is 0 Å². The average Bonchev–Trinajstić information content (AvgIpc) is 3.32. The molecule has 3 saturated heterocycles. The molecule has 0 aliphatic carbocycles. The highest BCUT2D eigenvalue weighted by molar-refractivity contribution is 6.31. The molecule has 8 heteroatoms. The van der Waals surface area contributed by atoms with Crippen molar-refractivity contribution < 1.29 is 24.2 Å². The first kappa shape index (κ1) is 22.0. The van der Waals surface area contributed by atoms with Crippen molar-refractivity contribution in [1.82, 2.24) is 10.2 Å². The quantitative estimate of drug-likeness (QED) is 0.680. The molecule has 1 aromatic carbocycles. The molecule has 0 unspecified atom stereocenters. The number of fused-ring (bicyclic) bond motifs is 1. The molecular weight excluding hydrogens is 396 g/mol. The van der Waals surface area contributed by atoms with E-state index in [0.717, 1.165) is 37.5 Å². The van der Waals surface area contributed by atoms with Crippen LogP contribution in [0.2, 0.25) is 5.02 Å². The highest BCUT2D eigenvalue weighted by Gasteiger charge is 2.62. The van der Waals surface area contributed by atoms with Crippen LogP contribution in [0, 0.1) is 18.8 Å². The normalized spacial score (nSPS) is 29.8. The largest absolute Gasteiger partial charge is 0.483 e. The summed E-state index contributed by atoms with van der Waals surface area (Å²) in [6, 6.07) is 6.09. The maximum absolute atomic E-state index is 11.8. The topological polar surface area (TPSA) is 88.1 Å². The smallest absolute Gasteiger partial charge is 0.290 e. The van der Waals surface area contributed by atoms with Gasteiger partial charge < -0.3 is 19.9 Å². The van der Waals surface area contributed by atoms with Gasteiger partial charge in [-0.25, -0.2) is 0 Å². The summed E-state index contributed by atoms with van der Waals surface area (Å²) in [6.45, 7) is 5.49. The fraction of sp³-hybridized carbons (Fsp3) is 0.619. The van der Waals surface area contributed by atoms with Crippen LogP contribution in [0.1, 0.15) is 24.0 Å². The van der Waals surface area contributed by atoms with Crippen molar-refractivity contribution in [3.05, 3.63) is 34.3 Å².